The molecule has 1 aromatic carbocycles. The van der Waals surface area contributed by atoms with Crippen LogP contribution in [0.2, 0.25) is 0 Å². The molecule has 126 valence electrons. The Bertz CT molecular complexity index is 940. The van der Waals surface area contributed by atoms with Gasteiger partial charge in [-0.1, -0.05) is 25.5 Å². The van der Waals surface area contributed by atoms with Gasteiger partial charge in [-0.3, -0.25) is 14.0 Å². The summed E-state index contributed by atoms with van der Waals surface area (Å²) >= 11 is 0. The molecule has 2 heterocycles. The van der Waals surface area contributed by atoms with Crippen LogP contribution in [0.25, 0.3) is 22.4 Å². The smallest absolute Gasteiger partial charge is 0.279 e. The van der Waals surface area contributed by atoms with Crippen LogP contribution in [0.5, 0.6) is 5.75 Å². The van der Waals surface area contributed by atoms with Crippen LogP contribution in [-0.2, 0) is 20.5 Å². The van der Waals surface area contributed by atoms with E-state index in [0.717, 1.165) is 29.8 Å². The average molecular weight is 326 g/mol. The van der Waals surface area contributed by atoms with Gasteiger partial charge in [0.2, 0.25) is 0 Å². The topological polar surface area (TPSA) is 61.9 Å². The molecule has 0 fully saturated rings. The second-order valence-corrected chi connectivity index (χ2v) is 5.75. The van der Waals surface area contributed by atoms with Gasteiger partial charge in [0.05, 0.1) is 17.9 Å². The molecule has 2 aromatic heterocycles. The quantitative estimate of drug-likeness (QED) is 0.723. The number of rotatable bonds is 5. The van der Waals surface area contributed by atoms with E-state index in [2.05, 4.69) is 12.0 Å². The Morgan fingerprint density at radius 3 is 2.62 bits per heavy atom. The third-order valence-corrected chi connectivity index (χ3v) is 4.05. The van der Waals surface area contributed by atoms with Crippen LogP contribution in [0.1, 0.15) is 26.0 Å². The molecule has 6 nitrogen and oxygen atoms in total. The number of hydrogen-bond donors (Lipinski definition) is 0. The average Bonchev–Trinajstić information content (AvgIpc) is 2.88. The van der Waals surface area contributed by atoms with Crippen LogP contribution in [0, 0.1) is 0 Å². The molecule has 0 saturated carbocycles. The minimum Gasteiger partial charge on any atom is -0.493 e. The van der Waals surface area contributed by atoms with E-state index in [1.807, 2.05) is 31.2 Å². The molecule has 0 aliphatic rings. The molecule has 24 heavy (non-hydrogen) atoms. The summed E-state index contributed by atoms with van der Waals surface area (Å²) in [6.45, 7) is 4.58. The first-order valence-corrected chi connectivity index (χ1v) is 8.23. The summed E-state index contributed by atoms with van der Waals surface area (Å²) in [5.74, 6) is 1.32. The lowest BCUT2D eigenvalue weighted by atomic mass is 10.1. The van der Waals surface area contributed by atoms with Crippen LogP contribution in [-0.4, -0.2) is 25.9 Å². The van der Waals surface area contributed by atoms with E-state index in [-0.39, 0.29) is 5.56 Å². The van der Waals surface area contributed by atoms with E-state index >= 15 is 0 Å². The molecule has 0 aliphatic carbocycles. The number of aryl methyl sites for hydroxylation is 2. The van der Waals surface area contributed by atoms with Crippen molar-refractivity contribution in [2.45, 2.75) is 26.7 Å². The minimum absolute atomic E-state index is 0.0985. The van der Waals surface area contributed by atoms with Crippen molar-refractivity contribution in [3.05, 3.63) is 40.3 Å². The Hall–Kier alpha value is -2.63. The van der Waals surface area contributed by atoms with Crippen molar-refractivity contribution in [2.24, 2.45) is 14.1 Å². The van der Waals surface area contributed by atoms with Crippen molar-refractivity contribution < 1.29 is 4.74 Å². The van der Waals surface area contributed by atoms with E-state index in [1.165, 1.54) is 0 Å². The molecule has 0 saturated heterocycles. The second kappa shape index (κ2) is 6.47. The highest BCUT2D eigenvalue weighted by atomic mass is 16.5. The lowest BCUT2D eigenvalue weighted by Crippen LogP contribution is -2.22. The zero-order valence-electron chi connectivity index (χ0n) is 14.5. The first-order chi connectivity index (χ1) is 11.6. The van der Waals surface area contributed by atoms with Gasteiger partial charge in [-0.05, 0) is 25.5 Å². The van der Waals surface area contributed by atoms with Gasteiger partial charge in [-0.2, -0.15) is 5.10 Å². The Kier molecular flexibility index (Phi) is 4.38. The highest BCUT2D eigenvalue weighted by Crippen LogP contribution is 2.29. The Labute approximate surface area is 140 Å². The number of aromatic nitrogens is 4. The zero-order chi connectivity index (χ0) is 17.3. The lowest BCUT2D eigenvalue weighted by molar-refractivity contribution is 0.341. The van der Waals surface area contributed by atoms with Gasteiger partial charge in [0.25, 0.3) is 5.56 Å². The predicted molar refractivity (Wildman–Crippen MR) is 94.4 cm³/mol. The maximum Gasteiger partial charge on any atom is 0.279 e. The molecule has 0 unspecified atom stereocenters. The molecule has 3 aromatic rings. The van der Waals surface area contributed by atoms with E-state index in [1.54, 1.807) is 23.3 Å². The lowest BCUT2D eigenvalue weighted by Gasteiger charge is -2.12. The highest BCUT2D eigenvalue weighted by molar-refractivity contribution is 5.80. The van der Waals surface area contributed by atoms with E-state index in [4.69, 9.17) is 9.72 Å². The monoisotopic (exact) mass is 326 g/mol. The SMILES string of the molecule is CCCc1nn(C)c2c(=O)n(C)c(-c3ccccc3OCC)nc12. The molecule has 0 bridgehead atoms. The zero-order valence-corrected chi connectivity index (χ0v) is 14.5. The van der Waals surface area contributed by atoms with Crippen LogP contribution < -0.4 is 10.3 Å². The first kappa shape index (κ1) is 16.2. The molecular weight excluding hydrogens is 304 g/mol. The minimum atomic E-state index is -0.0985. The van der Waals surface area contributed by atoms with Gasteiger partial charge in [0, 0.05) is 14.1 Å². The molecule has 3 rings (SSSR count). The standard InChI is InChI=1S/C18H22N4O2/c1-5-9-13-15-16(22(4)20-13)18(23)21(3)17(19-15)12-10-7-8-11-14(12)24-6-2/h7-8,10-11H,5-6,9H2,1-4H3. The summed E-state index contributed by atoms with van der Waals surface area (Å²) in [6, 6.07) is 7.65. The van der Waals surface area contributed by atoms with Crippen LogP contribution >= 0.6 is 0 Å². The van der Waals surface area contributed by atoms with Gasteiger partial charge in [0.15, 0.2) is 5.52 Å². The number of ether oxygens (including phenoxy) is 1. The number of hydrogen-bond acceptors (Lipinski definition) is 4. The highest BCUT2D eigenvalue weighted by Gasteiger charge is 2.19. The Morgan fingerprint density at radius 2 is 1.92 bits per heavy atom. The van der Waals surface area contributed by atoms with Crippen molar-refractivity contribution >= 4 is 11.0 Å². The Morgan fingerprint density at radius 1 is 1.17 bits per heavy atom. The normalized spacial score (nSPS) is 11.2. The van der Waals surface area contributed by atoms with E-state index < -0.39 is 0 Å². The number of fused-ring (bicyclic) bond motifs is 1. The van der Waals surface area contributed by atoms with Crippen molar-refractivity contribution in [2.75, 3.05) is 6.61 Å². The molecular formula is C18H22N4O2. The maximum atomic E-state index is 12.9. The van der Waals surface area contributed by atoms with E-state index in [9.17, 15) is 4.79 Å². The van der Waals surface area contributed by atoms with Crippen LogP contribution in [0.3, 0.4) is 0 Å². The molecule has 0 N–H and O–H groups in total. The van der Waals surface area contributed by atoms with Gasteiger partial charge >= 0.3 is 0 Å². The molecule has 0 spiro atoms. The fourth-order valence-corrected chi connectivity index (χ4v) is 2.94. The number of para-hydroxylation sites is 1. The van der Waals surface area contributed by atoms with Crippen molar-refractivity contribution in [1.82, 2.24) is 19.3 Å². The number of benzene rings is 1. The summed E-state index contributed by atoms with van der Waals surface area (Å²) in [6.07, 6.45) is 1.75. The van der Waals surface area contributed by atoms with Gasteiger partial charge in [-0.15, -0.1) is 0 Å². The largest absolute Gasteiger partial charge is 0.493 e. The third-order valence-electron chi connectivity index (χ3n) is 4.05. The summed E-state index contributed by atoms with van der Waals surface area (Å²) in [4.78, 5) is 17.6. The van der Waals surface area contributed by atoms with Gasteiger partial charge < -0.3 is 4.74 Å². The molecule has 0 radical (unpaired) electrons. The summed E-state index contributed by atoms with van der Waals surface area (Å²) in [7, 11) is 3.53. The third kappa shape index (κ3) is 2.58. The van der Waals surface area contributed by atoms with Crippen molar-refractivity contribution in [3.63, 3.8) is 0 Å². The Balaban J connectivity index is 2.32. The van der Waals surface area contributed by atoms with Gasteiger partial charge in [-0.25, -0.2) is 4.98 Å². The van der Waals surface area contributed by atoms with Gasteiger partial charge in [0.1, 0.15) is 17.1 Å². The first-order valence-electron chi connectivity index (χ1n) is 8.23. The number of nitrogens with zero attached hydrogens (tertiary/aromatic N) is 4. The fourth-order valence-electron chi connectivity index (χ4n) is 2.94. The van der Waals surface area contributed by atoms with Crippen molar-refractivity contribution in [1.29, 1.82) is 0 Å². The molecule has 0 atom stereocenters. The summed E-state index contributed by atoms with van der Waals surface area (Å²) < 4.78 is 8.90. The predicted octanol–water partition coefficient (Wildman–Crippen LogP) is 2.69. The summed E-state index contributed by atoms with van der Waals surface area (Å²) in [5.41, 5.74) is 2.80. The molecule has 6 heteroatoms. The second-order valence-electron chi connectivity index (χ2n) is 5.75. The van der Waals surface area contributed by atoms with Crippen LogP contribution in [0.15, 0.2) is 29.1 Å². The summed E-state index contributed by atoms with van der Waals surface area (Å²) in [5, 5.41) is 4.48. The van der Waals surface area contributed by atoms with E-state index in [0.29, 0.717) is 23.5 Å². The maximum absolute atomic E-state index is 12.9. The molecule has 0 aliphatic heterocycles. The van der Waals surface area contributed by atoms with Crippen molar-refractivity contribution in [3.8, 4) is 17.1 Å². The fraction of sp³-hybridized carbons (Fsp3) is 0.389. The molecule has 0 amide bonds. The van der Waals surface area contributed by atoms with Crippen LogP contribution in [0.4, 0.5) is 0 Å².